The van der Waals surface area contributed by atoms with Crippen LogP contribution in [0.5, 0.6) is 0 Å². The van der Waals surface area contributed by atoms with Crippen LogP contribution in [0.1, 0.15) is 0 Å². The molecule has 0 aliphatic heterocycles. The highest BCUT2D eigenvalue weighted by atomic mass is 16.3. The molecule has 0 saturated carbocycles. The molecule has 0 spiro atoms. The van der Waals surface area contributed by atoms with Crippen LogP contribution in [0, 0.1) is 0 Å². The molecule has 0 bridgehead atoms. The number of aliphatic hydroxyl groups is 2. The summed E-state index contributed by atoms with van der Waals surface area (Å²) in [6, 6.07) is 0. The number of carbonyl (C=O) groups excluding carboxylic acids is 2. The Morgan fingerprint density at radius 3 is 2.40 bits per heavy atom. The first-order valence-corrected chi connectivity index (χ1v) is 2.63. The Morgan fingerprint density at radius 1 is 1.60 bits per heavy atom. The summed E-state index contributed by atoms with van der Waals surface area (Å²) in [6.45, 7) is 2.30. The Morgan fingerprint density at radius 2 is 2.10 bits per heavy atom. The third kappa shape index (κ3) is 2.08. The van der Waals surface area contributed by atoms with Crippen LogP contribution in [-0.4, -0.2) is 34.5 Å². The predicted molar refractivity (Wildman–Crippen MR) is 33.3 cm³/mol. The minimum absolute atomic E-state index is 0.738. The van der Waals surface area contributed by atoms with Gasteiger partial charge in [-0.1, -0.05) is 6.58 Å². The van der Waals surface area contributed by atoms with Gasteiger partial charge in [-0.2, -0.15) is 0 Å². The van der Waals surface area contributed by atoms with Gasteiger partial charge in [0, 0.05) is 0 Å². The molecule has 0 heterocycles. The lowest BCUT2D eigenvalue weighted by molar-refractivity contribution is -0.140. The van der Waals surface area contributed by atoms with Crippen LogP contribution in [0.15, 0.2) is 12.7 Å². The van der Waals surface area contributed by atoms with Gasteiger partial charge in [-0.05, 0) is 6.08 Å². The van der Waals surface area contributed by atoms with Gasteiger partial charge in [0.25, 0.3) is 0 Å². The second kappa shape index (κ2) is 3.92. The van der Waals surface area contributed by atoms with Gasteiger partial charge in [0.1, 0.15) is 6.10 Å². The first kappa shape index (κ1) is 9.00. The van der Waals surface area contributed by atoms with Crippen LogP contribution in [0.2, 0.25) is 0 Å². The van der Waals surface area contributed by atoms with E-state index in [1.807, 2.05) is 0 Å². The largest absolute Gasteiger partial charge is 0.393 e. The van der Waals surface area contributed by atoms with Crippen molar-refractivity contribution in [1.82, 2.24) is 0 Å². The summed E-state index contributed by atoms with van der Waals surface area (Å²) in [6.07, 6.45) is -0.813. The number of aliphatic hydroxyl groups excluding tert-OH is 2. The topological polar surface area (TPSA) is 74.6 Å². The van der Waals surface area contributed by atoms with Crippen molar-refractivity contribution in [2.75, 3.05) is 6.61 Å². The Kier molecular flexibility index (Phi) is 3.53. The first-order valence-electron chi connectivity index (χ1n) is 2.63. The average Bonchev–Trinajstić information content (AvgIpc) is 2.00. The Hall–Kier alpha value is -1.00. The van der Waals surface area contributed by atoms with E-state index in [2.05, 4.69) is 6.58 Å². The molecular formula is C6H8O4. The fraction of sp³-hybridized carbons (Fsp3) is 0.333. The van der Waals surface area contributed by atoms with Crippen molar-refractivity contribution in [3.63, 3.8) is 0 Å². The molecular weight excluding hydrogens is 136 g/mol. The zero-order valence-electron chi connectivity index (χ0n) is 5.28. The molecule has 10 heavy (non-hydrogen) atoms. The summed E-state index contributed by atoms with van der Waals surface area (Å²) in [5, 5.41) is 16.8. The summed E-state index contributed by atoms with van der Waals surface area (Å²) in [7, 11) is 0. The van der Waals surface area contributed by atoms with E-state index in [1.54, 1.807) is 0 Å². The van der Waals surface area contributed by atoms with Crippen LogP contribution >= 0.6 is 0 Å². The number of Topliss-reactive ketones (excluding diaryl/α,β-unsaturated/α-hetero) is 1. The Balaban J connectivity index is 4.07. The number of hydrogen-bond acceptors (Lipinski definition) is 4. The fourth-order valence-corrected chi connectivity index (χ4v) is 0.348. The number of carbonyl (C=O) groups is 2. The van der Waals surface area contributed by atoms with Crippen molar-refractivity contribution in [2.45, 2.75) is 6.10 Å². The standard InChI is InChI=1S/C6H8O4/c1-2-4(8)6(10)5(9)3-7/h2,5,7,9H,1,3H2. The van der Waals surface area contributed by atoms with E-state index in [-0.39, 0.29) is 0 Å². The van der Waals surface area contributed by atoms with E-state index < -0.39 is 24.3 Å². The maximum absolute atomic E-state index is 10.5. The maximum Gasteiger partial charge on any atom is 0.233 e. The summed E-state index contributed by atoms with van der Waals surface area (Å²) >= 11 is 0. The molecule has 1 atom stereocenters. The van der Waals surface area contributed by atoms with Crippen LogP contribution in [0.3, 0.4) is 0 Å². The summed E-state index contributed by atoms with van der Waals surface area (Å²) in [4.78, 5) is 20.8. The summed E-state index contributed by atoms with van der Waals surface area (Å²) < 4.78 is 0. The average molecular weight is 144 g/mol. The molecule has 0 fully saturated rings. The van der Waals surface area contributed by atoms with Gasteiger partial charge < -0.3 is 10.2 Å². The zero-order valence-corrected chi connectivity index (χ0v) is 5.28. The molecule has 4 heteroatoms. The van der Waals surface area contributed by atoms with Crippen molar-refractivity contribution in [2.24, 2.45) is 0 Å². The number of allylic oxidation sites excluding steroid dienone is 1. The van der Waals surface area contributed by atoms with Gasteiger partial charge >= 0.3 is 0 Å². The maximum atomic E-state index is 10.5. The van der Waals surface area contributed by atoms with Crippen molar-refractivity contribution in [3.05, 3.63) is 12.7 Å². The lowest BCUT2D eigenvalue weighted by Gasteiger charge is -2.00. The molecule has 56 valence electrons. The zero-order chi connectivity index (χ0) is 8.15. The molecule has 0 aromatic rings. The molecule has 1 unspecified atom stereocenters. The van der Waals surface area contributed by atoms with Crippen molar-refractivity contribution in [1.29, 1.82) is 0 Å². The molecule has 2 N–H and O–H groups in total. The van der Waals surface area contributed by atoms with Crippen molar-refractivity contribution in [3.8, 4) is 0 Å². The smallest absolute Gasteiger partial charge is 0.233 e. The quantitative estimate of drug-likeness (QED) is 0.378. The second-order valence-corrected chi connectivity index (χ2v) is 1.63. The highest BCUT2D eigenvalue weighted by molar-refractivity contribution is 6.42. The molecule has 0 aliphatic rings. The number of rotatable bonds is 4. The Labute approximate surface area is 57.8 Å². The van der Waals surface area contributed by atoms with Crippen LogP contribution in [0.25, 0.3) is 0 Å². The van der Waals surface area contributed by atoms with E-state index in [4.69, 9.17) is 10.2 Å². The highest BCUT2D eigenvalue weighted by Crippen LogP contribution is 1.86. The van der Waals surface area contributed by atoms with Gasteiger partial charge in [-0.15, -0.1) is 0 Å². The molecule has 0 rings (SSSR count). The minimum atomic E-state index is -1.61. The fourth-order valence-electron chi connectivity index (χ4n) is 0.348. The summed E-state index contributed by atoms with van der Waals surface area (Å²) in [5.74, 6) is -1.92. The molecule has 4 nitrogen and oxygen atoms in total. The van der Waals surface area contributed by atoms with E-state index in [0.29, 0.717) is 0 Å². The van der Waals surface area contributed by atoms with Crippen LogP contribution in [0.4, 0.5) is 0 Å². The van der Waals surface area contributed by atoms with Gasteiger partial charge in [0.15, 0.2) is 0 Å². The second-order valence-electron chi connectivity index (χ2n) is 1.63. The highest BCUT2D eigenvalue weighted by Gasteiger charge is 2.18. The van der Waals surface area contributed by atoms with E-state index in [1.165, 1.54) is 0 Å². The Bertz CT molecular complexity index is 161. The first-order chi connectivity index (χ1) is 4.63. The van der Waals surface area contributed by atoms with Gasteiger partial charge in [-0.25, -0.2) is 0 Å². The lowest BCUT2D eigenvalue weighted by Crippen LogP contribution is -2.29. The number of hydrogen-bond donors (Lipinski definition) is 2. The van der Waals surface area contributed by atoms with E-state index >= 15 is 0 Å². The normalized spacial score (nSPS) is 12.2. The minimum Gasteiger partial charge on any atom is -0.393 e. The van der Waals surface area contributed by atoms with Crippen LogP contribution in [-0.2, 0) is 9.59 Å². The van der Waals surface area contributed by atoms with Gasteiger partial charge in [0.05, 0.1) is 6.61 Å². The van der Waals surface area contributed by atoms with Gasteiger partial charge in [0.2, 0.25) is 11.6 Å². The third-order valence-electron chi connectivity index (χ3n) is 0.904. The van der Waals surface area contributed by atoms with E-state index in [9.17, 15) is 9.59 Å². The third-order valence-corrected chi connectivity index (χ3v) is 0.904. The van der Waals surface area contributed by atoms with Crippen LogP contribution < -0.4 is 0 Å². The molecule has 0 aromatic heterocycles. The van der Waals surface area contributed by atoms with E-state index in [0.717, 1.165) is 6.08 Å². The van der Waals surface area contributed by atoms with Gasteiger partial charge in [-0.3, -0.25) is 9.59 Å². The lowest BCUT2D eigenvalue weighted by atomic mass is 10.1. The monoisotopic (exact) mass is 144 g/mol. The van der Waals surface area contributed by atoms with Crippen molar-refractivity contribution < 1.29 is 19.8 Å². The number of ketones is 2. The predicted octanol–water partition coefficient (Wildman–Crippen LogP) is -1.34. The molecule has 0 amide bonds. The molecule has 0 radical (unpaired) electrons. The molecule has 0 saturated heterocycles. The summed E-state index contributed by atoms with van der Waals surface area (Å²) in [5.41, 5.74) is 0. The SMILES string of the molecule is C=CC(=O)C(=O)C(O)CO. The van der Waals surface area contributed by atoms with Crippen molar-refractivity contribution >= 4 is 11.6 Å². The molecule has 0 aromatic carbocycles. The molecule has 0 aliphatic carbocycles.